The summed E-state index contributed by atoms with van der Waals surface area (Å²) in [6.45, 7) is 2.56. The van der Waals surface area contributed by atoms with Gasteiger partial charge in [-0.25, -0.2) is 9.48 Å². The average Bonchev–Trinajstić information content (AvgIpc) is 3.57. The van der Waals surface area contributed by atoms with Gasteiger partial charge in [0.25, 0.3) is 11.5 Å². The van der Waals surface area contributed by atoms with Crippen LogP contribution in [-0.2, 0) is 0 Å². The van der Waals surface area contributed by atoms with Crippen molar-refractivity contribution < 1.29 is 43.1 Å². The molecule has 8 heteroatoms. The molecule has 1 saturated carbocycles. The SMILES string of the molecule is CC[N+]1=C(/C=C/c2cccc([N+](=O)[O-])c2)N(C2CC2)C2C(=O)c3ccccc3C(=O)C21.[I-]. The average molecular weight is 543 g/mol. The number of fused-ring (bicyclic) bond motifs is 2. The van der Waals surface area contributed by atoms with Crippen LogP contribution < -0.4 is 24.0 Å². The molecule has 0 bridgehead atoms. The van der Waals surface area contributed by atoms with Crippen molar-refractivity contribution in [2.45, 2.75) is 37.9 Å². The Kier molecular flexibility index (Phi) is 5.98. The fourth-order valence-electron chi connectivity index (χ4n) is 4.76. The number of benzene rings is 2. The number of halogens is 1. The van der Waals surface area contributed by atoms with Crippen molar-refractivity contribution >= 4 is 29.2 Å². The van der Waals surface area contributed by atoms with Crippen LogP contribution in [0.2, 0.25) is 0 Å². The second kappa shape index (κ2) is 8.57. The Bertz CT molecular complexity index is 1190. The molecule has 1 heterocycles. The summed E-state index contributed by atoms with van der Waals surface area (Å²) in [5.74, 6) is 0.803. The van der Waals surface area contributed by atoms with Gasteiger partial charge in [-0.1, -0.05) is 36.4 Å². The molecular formula is C24H22IN3O4. The maximum absolute atomic E-state index is 13.5. The van der Waals surface area contributed by atoms with Crippen molar-refractivity contribution in [2.24, 2.45) is 0 Å². The molecule has 7 nitrogen and oxygen atoms in total. The summed E-state index contributed by atoms with van der Waals surface area (Å²) in [6.07, 6.45) is 5.68. The highest BCUT2D eigenvalue weighted by Crippen LogP contribution is 2.38. The summed E-state index contributed by atoms with van der Waals surface area (Å²) < 4.78 is 2.01. The molecule has 32 heavy (non-hydrogen) atoms. The summed E-state index contributed by atoms with van der Waals surface area (Å²) in [5.41, 5.74) is 1.72. The van der Waals surface area contributed by atoms with E-state index in [9.17, 15) is 19.7 Å². The molecule has 2 aliphatic carbocycles. The molecule has 0 amide bonds. The number of nitro groups is 1. The Morgan fingerprint density at radius 2 is 1.75 bits per heavy atom. The number of likely N-dealkylation sites (N-methyl/N-ethyl adjacent to an activating group) is 1. The Balaban J connectivity index is 0.00000245. The van der Waals surface area contributed by atoms with E-state index in [0.717, 1.165) is 18.7 Å². The van der Waals surface area contributed by atoms with E-state index < -0.39 is 17.0 Å². The Hall–Kier alpha value is -2.88. The number of rotatable bonds is 5. The Morgan fingerprint density at radius 3 is 2.38 bits per heavy atom. The third-order valence-electron chi connectivity index (χ3n) is 6.28. The van der Waals surface area contributed by atoms with Gasteiger partial charge in [0.05, 0.1) is 17.5 Å². The van der Waals surface area contributed by atoms with E-state index in [4.69, 9.17) is 0 Å². The van der Waals surface area contributed by atoms with Gasteiger partial charge < -0.3 is 24.0 Å². The first-order valence-corrected chi connectivity index (χ1v) is 10.5. The first-order chi connectivity index (χ1) is 15.0. The topological polar surface area (TPSA) is 83.5 Å². The van der Waals surface area contributed by atoms with E-state index in [0.29, 0.717) is 23.2 Å². The quantitative estimate of drug-likeness (QED) is 0.235. The first-order valence-electron chi connectivity index (χ1n) is 10.5. The molecule has 0 aromatic heterocycles. The van der Waals surface area contributed by atoms with Gasteiger partial charge in [-0.05, 0) is 31.4 Å². The lowest BCUT2D eigenvalue weighted by Gasteiger charge is -2.27. The molecule has 2 atom stereocenters. The molecule has 0 saturated heterocycles. The standard InChI is InChI=1S/C24H22N3O4.HI/c1-2-25-20(13-10-15-6-5-7-17(14-15)27(30)31)26(16-11-12-16)22-21(25)23(28)18-8-3-4-9-19(18)24(22)29;/h3-10,13-14,16,21-22H,2,11-12H2,1H3;1H/q+1;/p-1/b13-10+;. The van der Waals surface area contributed by atoms with Gasteiger partial charge in [0.15, 0.2) is 0 Å². The van der Waals surface area contributed by atoms with Gasteiger partial charge in [-0.3, -0.25) is 19.7 Å². The Labute approximate surface area is 202 Å². The number of hydrogen-bond acceptors (Lipinski definition) is 5. The summed E-state index contributed by atoms with van der Waals surface area (Å²) >= 11 is 0. The van der Waals surface area contributed by atoms with Crippen LogP contribution in [0.3, 0.4) is 0 Å². The van der Waals surface area contributed by atoms with Crippen LogP contribution in [0.4, 0.5) is 5.69 Å². The second-order valence-corrected chi connectivity index (χ2v) is 8.13. The number of carbonyl (C=O) groups excluding carboxylic acids is 2. The minimum Gasteiger partial charge on any atom is -1.00 e. The monoisotopic (exact) mass is 543 g/mol. The van der Waals surface area contributed by atoms with Crippen LogP contribution >= 0.6 is 0 Å². The zero-order valence-corrected chi connectivity index (χ0v) is 19.6. The summed E-state index contributed by atoms with van der Waals surface area (Å²) in [7, 11) is 0. The van der Waals surface area contributed by atoms with Crippen LogP contribution in [0.15, 0.2) is 54.6 Å². The fourth-order valence-corrected chi connectivity index (χ4v) is 4.76. The summed E-state index contributed by atoms with van der Waals surface area (Å²) in [6, 6.07) is 12.6. The third-order valence-corrected chi connectivity index (χ3v) is 6.28. The lowest BCUT2D eigenvalue weighted by atomic mass is 9.82. The largest absolute Gasteiger partial charge is 1.00 e. The molecule has 2 unspecified atom stereocenters. The maximum atomic E-state index is 13.5. The summed E-state index contributed by atoms with van der Waals surface area (Å²) in [4.78, 5) is 39.7. The number of nitrogens with zero attached hydrogens (tertiary/aromatic N) is 3. The summed E-state index contributed by atoms with van der Waals surface area (Å²) in [5, 5.41) is 11.1. The van der Waals surface area contributed by atoms with E-state index in [1.165, 1.54) is 12.1 Å². The minimum absolute atomic E-state index is 0. The van der Waals surface area contributed by atoms with Crippen LogP contribution in [0.25, 0.3) is 6.08 Å². The minimum atomic E-state index is -0.544. The number of amidine groups is 1. The van der Waals surface area contributed by atoms with Gasteiger partial charge in [0, 0.05) is 29.3 Å². The van der Waals surface area contributed by atoms with Crippen LogP contribution in [-0.4, -0.2) is 56.5 Å². The molecule has 0 radical (unpaired) electrons. The van der Waals surface area contributed by atoms with E-state index in [-0.39, 0.29) is 47.3 Å². The highest BCUT2D eigenvalue weighted by molar-refractivity contribution is 6.20. The molecule has 1 aliphatic heterocycles. The van der Waals surface area contributed by atoms with Crippen molar-refractivity contribution in [1.29, 1.82) is 0 Å². The fraction of sp³-hybridized carbons (Fsp3) is 0.292. The number of carbonyl (C=O) groups is 2. The molecule has 2 aromatic carbocycles. The number of hydrogen-bond donors (Lipinski definition) is 0. The van der Waals surface area contributed by atoms with E-state index >= 15 is 0 Å². The van der Waals surface area contributed by atoms with Gasteiger partial charge >= 0.3 is 0 Å². The zero-order chi connectivity index (χ0) is 21.7. The molecule has 0 N–H and O–H groups in total. The molecule has 2 aromatic rings. The first kappa shape index (κ1) is 22.3. The zero-order valence-electron chi connectivity index (χ0n) is 17.5. The predicted octanol–water partition coefficient (Wildman–Crippen LogP) is 0.337. The van der Waals surface area contributed by atoms with Gasteiger partial charge in [0.2, 0.25) is 23.7 Å². The van der Waals surface area contributed by atoms with E-state index in [1.54, 1.807) is 36.4 Å². The van der Waals surface area contributed by atoms with Crippen LogP contribution in [0.5, 0.6) is 0 Å². The highest BCUT2D eigenvalue weighted by Gasteiger charge is 2.60. The number of Topliss-reactive ketones (excluding diaryl/α,β-unsaturated/α-hetero) is 2. The predicted molar refractivity (Wildman–Crippen MR) is 115 cm³/mol. The highest BCUT2D eigenvalue weighted by atomic mass is 127. The van der Waals surface area contributed by atoms with Crippen molar-refractivity contribution in [2.75, 3.05) is 6.54 Å². The molecule has 5 rings (SSSR count). The lowest BCUT2D eigenvalue weighted by molar-refractivity contribution is -0.538. The number of nitro benzene ring substituents is 1. The molecule has 0 spiro atoms. The van der Waals surface area contributed by atoms with Crippen LogP contribution in [0, 0.1) is 10.1 Å². The van der Waals surface area contributed by atoms with Gasteiger partial charge in [-0.15, -0.1) is 0 Å². The lowest BCUT2D eigenvalue weighted by Crippen LogP contribution is -3.00. The normalized spacial score (nSPS) is 22.1. The smallest absolute Gasteiger partial charge is 0.273 e. The molecule has 3 aliphatic rings. The number of non-ortho nitro benzene ring substituents is 1. The molecule has 164 valence electrons. The van der Waals surface area contributed by atoms with Crippen LogP contribution in [0.1, 0.15) is 46.0 Å². The van der Waals surface area contributed by atoms with Gasteiger partial charge in [-0.2, -0.15) is 0 Å². The number of ketones is 2. The maximum Gasteiger partial charge on any atom is 0.273 e. The van der Waals surface area contributed by atoms with Crippen molar-refractivity contribution in [3.63, 3.8) is 0 Å². The van der Waals surface area contributed by atoms with Crippen molar-refractivity contribution in [1.82, 2.24) is 4.90 Å². The second-order valence-electron chi connectivity index (χ2n) is 8.13. The van der Waals surface area contributed by atoms with Crippen molar-refractivity contribution in [3.8, 4) is 0 Å². The van der Waals surface area contributed by atoms with Gasteiger partial charge in [0.1, 0.15) is 0 Å². The molecular weight excluding hydrogens is 521 g/mol. The van der Waals surface area contributed by atoms with E-state index in [1.807, 2.05) is 23.7 Å². The molecule has 1 fully saturated rings. The Morgan fingerprint density at radius 1 is 1.06 bits per heavy atom. The third kappa shape index (κ3) is 3.56. The van der Waals surface area contributed by atoms with E-state index in [2.05, 4.69) is 4.90 Å². The van der Waals surface area contributed by atoms with Crippen molar-refractivity contribution in [3.05, 3.63) is 81.4 Å².